The van der Waals surface area contributed by atoms with Gasteiger partial charge in [-0.25, -0.2) is 13.1 Å². The highest BCUT2D eigenvalue weighted by atomic mass is 32.2. The zero-order valence-electron chi connectivity index (χ0n) is 14.7. The maximum Gasteiger partial charge on any atom is 0.245 e. The highest BCUT2D eigenvalue weighted by Gasteiger charge is 2.27. The third kappa shape index (κ3) is 4.09. The van der Waals surface area contributed by atoms with Crippen LogP contribution in [0.3, 0.4) is 0 Å². The molecule has 0 saturated carbocycles. The Morgan fingerprint density at radius 3 is 2.60 bits per heavy atom. The Labute approximate surface area is 147 Å². The van der Waals surface area contributed by atoms with Crippen molar-refractivity contribution in [3.63, 3.8) is 0 Å². The van der Waals surface area contributed by atoms with Crippen molar-refractivity contribution in [2.45, 2.75) is 30.8 Å². The summed E-state index contributed by atoms with van der Waals surface area (Å²) in [7, 11) is -1.39. The summed E-state index contributed by atoms with van der Waals surface area (Å²) in [5.74, 6) is 1.78. The number of tetrazole rings is 1. The number of piperidine rings is 1. The van der Waals surface area contributed by atoms with Crippen LogP contribution in [0.5, 0.6) is 5.75 Å². The Balaban J connectivity index is 1.60. The van der Waals surface area contributed by atoms with Crippen molar-refractivity contribution in [3.8, 4) is 5.75 Å². The number of anilines is 1. The minimum atomic E-state index is -3.23. The van der Waals surface area contributed by atoms with E-state index in [1.807, 2.05) is 14.0 Å². The Morgan fingerprint density at radius 1 is 1.28 bits per heavy atom. The van der Waals surface area contributed by atoms with E-state index in [9.17, 15) is 8.42 Å². The number of aryl methyl sites for hydroxylation is 1. The Kier molecular flexibility index (Phi) is 4.94. The molecule has 0 amide bonds. The summed E-state index contributed by atoms with van der Waals surface area (Å²) in [5.41, 5.74) is 0. The summed E-state index contributed by atoms with van der Waals surface area (Å²) in [4.78, 5) is 2.45. The molecule has 9 heteroatoms. The van der Waals surface area contributed by atoms with Gasteiger partial charge in [-0.3, -0.25) is 0 Å². The van der Waals surface area contributed by atoms with Crippen LogP contribution in [0, 0.1) is 5.92 Å². The molecule has 0 aliphatic carbocycles. The predicted octanol–water partition coefficient (Wildman–Crippen LogP) is 1.30. The first kappa shape index (κ1) is 17.7. The van der Waals surface area contributed by atoms with Crippen molar-refractivity contribution in [3.05, 3.63) is 24.3 Å². The van der Waals surface area contributed by atoms with Crippen molar-refractivity contribution < 1.29 is 13.2 Å². The van der Waals surface area contributed by atoms with Gasteiger partial charge in [0.05, 0.1) is 11.0 Å². The summed E-state index contributed by atoms with van der Waals surface area (Å²) in [5, 5.41) is 11.6. The zero-order chi connectivity index (χ0) is 18.0. The topological polar surface area (TPSA) is 90.2 Å². The molecule has 2 aromatic rings. The van der Waals surface area contributed by atoms with Crippen LogP contribution in [0.15, 0.2) is 29.2 Å². The molecule has 8 nitrogen and oxygen atoms in total. The first-order valence-corrected chi connectivity index (χ1v) is 10.2. The summed E-state index contributed by atoms with van der Waals surface area (Å²) >= 11 is 0. The Bertz CT molecular complexity index is 828. The number of hydrogen-bond acceptors (Lipinski definition) is 7. The van der Waals surface area contributed by atoms with Crippen LogP contribution in [-0.4, -0.2) is 54.1 Å². The number of aromatic nitrogens is 4. The normalized spacial score (nSPS) is 17.5. The molecule has 0 spiro atoms. The molecule has 0 bridgehead atoms. The minimum Gasteiger partial charge on any atom is -0.490 e. The molecule has 1 fully saturated rings. The van der Waals surface area contributed by atoms with E-state index < -0.39 is 9.84 Å². The third-order valence-electron chi connectivity index (χ3n) is 4.64. The Morgan fingerprint density at radius 2 is 2.00 bits per heavy atom. The highest BCUT2D eigenvalue weighted by molar-refractivity contribution is 7.90. The molecule has 3 rings (SSSR count). The fourth-order valence-corrected chi connectivity index (χ4v) is 3.81. The van der Waals surface area contributed by atoms with Gasteiger partial charge in [0.15, 0.2) is 9.84 Å². The van der Waals surface area contributed by atoms with Crippen LogP contribution >= 0.6 is 0 Å². The first-order chi connectivity index (χ1) is 11.8. The number of sulfone groups is 1. The van der Waals surface area contributed by atoms with Gasteiger partial charge in [0.25, 0.3) is 0 Å². The third-order valence-corrected chi connectivity index (χ3v) is 5.75. The van der Waals surface area contributed by atoms with E-state index in [2.05, 4.69) is 20.4 Å². The number of nitrogens with zero attached hydrogens (tertiary/aromatic N) is 5. The monoisotopic (exact) mass is 365 g/mol. The average Bonchev–Trinajstić information content (AvgIpc) is 3.00. The van der Waals surface area contributed by atoms with E-state index in [0.717, 1.165) is 31.9 Å². The van der Waals surface area contributed by atoms with Crippen LogP contribution in [-0.2, 0) is 16.9 Å². The quantitative estimate of drug-likeness (QED) is 0.789. The van der Waals surface area contributed by atoms with E-state index >= 15 is 0 Å². The Hall–Kier alpha value is -2.16. The lowest BCUT2D eigenvalue weighted by Crippen LogP contribution is -2.39. The van der Waals surface area contributed by atoms with Gasteiger partial charge < -0.3 is 9.64 Å². The van der Waals surface area contributed by atoms with E-state index in [1.165, 1.54) is 6.26 Å². The second kappa shape index (κ2) is 6.99. The van der Waals surface area contributed by atoms with E-state index in [1.54, 1.807) is 28.9 Å². The number of benzene rings is 1. The SMILES string of the molecule is CC(Oc1cccc(S(C)(=O)=O)c1)C1CCN(c2nnnn2C)CC1. The fourth-order valence-electron chi connectivity index (χ4n) is 3.15. The minimum absolute atomic E-state index is 0.00887. The lowest BCUT2D eigenvalue weighted by molar-refractivity contribution is 0.132. The maximum atomic E-state index is 11.7. The van der Waals surface area contributed by atoms with Crippen molar-refractivity contribution in [1.82, 2.24) is 20.2 Å². The fraction of sp³-hybridized carbons (Fsp3) is 0.562. The smallest absolute Gasteiger partial charge is 0.245 e. The van der Waals surface area contributed by atoms with Gasteiger partial charge in [-0.05, 0) is 54.3 Å². The summed E-state index contributed by atoms with van der Waals surface area (Å²) < 4.78 is 31.0. The largest absolute Gasteiger partial charge is 0.490 e. The molecule has 0 radical (unpaired) electrons. The van der Waals surface area contributed by atoms with Gasteiger partial charge in [0.2, 0.25) is 5.95 Å². The number of ether oxygens (including phenoxy) is 1. The lowest BCUT2D eigenvalue weighted by atomic mass is 9.92. The summed E-state index contributed by atoms with van der Waals surface area (Å²) in [6.45, 7) is 3.78. The first-order valence-electron chi connectivity index (χ1n) is 8.28. The molecular weight excluding hydrogens is 342 g/mol. The second-order valence-corrected chi connectivity index (χ2v) is 8.51. The van der Waals surface area contributed by atoms with Gasteiger partial charge in [-0.1, -0.05) is 11.2 Å². The zero-order valence-corrected chi connectivity index (χ0v) is 15.5. The van der Waals surface area contributed by atoms with Crippen LogP contribution in [0.25, 0.3) is 0 Å². The van der Waals surface area contributed by atoms with E-state index in [4.69, 9.17) is 4.74 Å². The van der Waals surface area contributed by atoms with Crippen molar-refractivity contribution in [2.75, 3.05) is 24.2 Å². The molecule has 136 valence electrons. The molecule has 1 aliphatic rings. The molecule has 0 N–H and O–H groups in total. The molecular formula is C16H23N5O3S. The van der Waals surface area contributed by atoms with Crippen LogP contribution in [0.4, 0.5) is 5.95 Å². The molecule has 1 atom stereocenters. The summed E-state index contributed by atoms with van der Waals surface area (Å²) in [6.07, 6.45) is 3.15. The van der Waals surface area contributed by atoms with Crippen LogP contribution in [0.2, 0.25) is 0 Å². The molecule has 1 aliphatic heterocycles. The maximum absolute atomic E-state index is 11.7. The highest BCUT2D eigenvalue weighted by Crippen LogP contribution is 2.27. The van der Waals surface area contributed by atoms with Gasteiger partial charge >= 0.3 is 0 Å². The number of rotatable bonds is 5. The molecule has 25 heavy (non-hydrogen) atoms. The molecule has 2 heterocycles. The molecule has 1 aromatic carbocycles. The lowest BCUT2D eigenvalue weighted by Gasteiger charge is -2.34. The standard InChI is InChI=1S/C16H23N5O3S/c1-12(24-14-5-4-6-15(11-14)25(3,22)23)13-7-9-21(10-8-13)16-17-18-19-20(16)2/h4-6,11-13H,7-10H2,1-3H3. The van der Waals surface area contributed by atoms with Gasteiger partial charge in [0.1, 0.15) is 5.75 Å². The number of hydrogen-bond donors (Lipinski definition) is 0. The van der Waals surface area contributed by atoms with E-state index in [0.29, 0.717) is 11.7 Å². The van der Waals surface area contributed by atoms with E-state index in [-0.39, 0.29) is 11.0 Å². The van der Waals surface area contributed by atoms with Crippen LogP contribution < -0.4 is 9.64 Å². The van der Waals surface area contributed by atoms with Crippen molar-refractivity contribution in [2.24, 2.45) is 13.0 Å². The molecule has 1 unspecified atom stereocenters. The second-order valence-electron chi connectivity index (χ2n) is 6.50. The average molecular weight is 365 g/mol. The van der Waals surface area contributed by atoms with Crippen molar-refractivity contribution >= 4 is 15.8 Å². The van der Waals surface area contributed by atoms with Gasteiger partial charge in [-0.2, -0.15) is 0 Å². The van der Waals surface area contributed by atoms with Gasteiger partial charge in [-0.15, -0.1) is 0 Å². The molecule has 1 saturated heterocycles. The van der Waals surface area contributed by atoms with Gasteiger partial charge in [0, 0.05) is 26.4 Å². The predicted molar refractivity (Wildman–Crippen MR) is 93.4 cm³/mol. The van der Waals surface area contributed by atoms with Crippen molar-refractivity contribution in [1.29, 1.82) is 0 Å². The van der Waals surface area contributed by atoms with Crippen LogP contribution in [0.1, 0.15) is 19.8 Å². The summed E-state index contributed by atoms with van der Waals surface area (Å²) in [6, 6.07) is 6.68. The molecule has 1 aromatic heterocycles.